The van der Waals surface area contributed by atoms with Gasteiger partial charge in [-0.3, -0.25) is 0 Å². The molecule has 0 aliphatic heterocycles. The van der Waals surface area contributed by atoms with Gasteiger partial charge in [0.25, 0.3) is 0 Å². The first-order valence-electron chi connectivity index (χ1n) is 6.42. The molecule has 2 aromatic heterocycles. The molecule has 0 aliphatic rings. The number of nitrogens with zero attached hydrogens (tertiary/aromatic N) is 1. The molecule has 0 aromatic carbocycles. The van der Waals surface area contributed by atoms with Gasteiger partial charge in [-0.15, -0.1) is 11.3 Å². The number of aromatic nitrogens is 2. The number of hydrogen-bond acceptors (Lipinski definition) is 4. The zero-order chi connectivity index (χ0) is 15.1. The van der Waals surface area contributed by atoms with Gasteiger partial charge in [-0.2, -0.15) is 0 Å². The largest absolute Gasteiger partial charge is 0.480 e. The molecule has 1 atom stereocenters. The Morgan fingerprint density at radius 2 is 2.33 bits per heavy atom. The van der Waals surface area contributed by atoms with Gasteiger partial charge in [0, 0.05) is 29.7 Å². The van der Waals surface area contributed by atoms with Crippen LogP contribution in [0.15, 0.2) is 30.0 Å². The summed E-state index contributed by atoms with van der Waals surface area (Å²) >= 11 is 1.62. The normalized spacial score (nSPS) is 11.8. The average Bonchev–Trinajstić information content (AvgIpc) is 3.10. The summed E-state index contributed by atoms with van der Waals surface area (Å²) in [6.45, 7) is 0.461. The van der Waals surface area contributed by atoms with Crippen molar-refractivity contribution in [3.63, 3.8) is 0 Å². The van der Waals surface area contributed by atoms with Gasteiger partial charge in [0.1, 0.15) is 6.04 Å². The van der Waals surface area contributed by atoms with E-state index in [4.69, 9.17) is 5.11 Å². The molecule has 0 radical (unpaired) electrons. The quantitative estimate of drug-likeness (QED) is 0.612. The van der Waals surface area contributed by atoms with E-state index in [1.54, 1.807) is 11.3 Å². The summed E-state index contributed by atoms with van der Waals surface area (Å²) < 4.78 is 0. The maximum atomic E-state index is 11.7. The third-order valence-corrected chi connectivity index (χ3v) is 3.76. The van der Waals surface area contributed by atoms with E-state index in [2.05, 4.69) is 20.6 Å². The van der Waals surface area contributed by atoms with E-state index in [1.807, 2.05) is 17.5 Å². The third kappa shape index (κ3) is 4.92. The number of carbonyl (C=O) groups is 2. The van der Waals surface area contributed by atoms with Crippen LogP contribution in [0.4, 0.5) is 4.79 Å². The zero-order valence-electron chi connectivity index (χ0n) is 11.2. The highest BCUT2D eigenvalue weighted by molar-refractivity contribution is 7.09. The van der Waals surface area contributed by atoms with Gasteiger partial charge in [-0.25, -0.2) is 14.6 Å². The zero-order valence-corrected chi connectivity index (χ0v) is 12.0. The van der Waals surface area contributed by atoms with Gasteiger partial charge in [-0.1, -0.05) is 6.07 Å². The first-order chi connectivity index (χ1) is 10.1. The predicted octanol–water partition coefficient (Wildman–Crippen LogP) is 1.01. The Morgan fingerprint density at radius 3 is 2.95 bits per heavy atom. The fraction of sp³-hybridized carbons (Fsp3) is 0.308. The maximum absolute atomic E-state index is 11.7. The van der Waals surface area contributed by atoms with E-state index in [0.717, 1.165) is 6.42 Å². The van der Waals surface area contributed by atoms with Crippen molar-refractivity contribution >= 4 is 23.3 Å². The lowest BCUT2D eigenvalue weighted by Crippen LogP contribution is -2.47. The second-order valence-electron chi connectivity index (χ2n) is 4.40. The average molecular weight is 308 g/mol. The van der Waals surface area contributed by atoms with Crippen molar-refractivity contribution in [1.82, 2.24) is 20.6 Å². The number of carboxylic acid groups (broad SMARTS) is 1. The predicted molar refractivity (Wildman–Crippen MR) is 78.3 cm³/mol. The van der Waals surface area contributed by atoms with Crippen molar-refractivity contribution in [3.05, 3.63) is 40.6 Å². The van der Waals surface area contributed by atoms with Crippen LogP contribution in [0, 0.1) is 0 Å². The lowest BCUT2D eigenvalue weighted by Gasteiger charge is -2.14. The smallest absolute Gasteiger partial charge is 0.326 e. The van der Waals surface area contributed by atoms with Gasteiger partial charge in [-0.05, 0) is 17.9 Å². The van der Waals surface area contributed by atoms with Crippen LogP contribution >= 0.6 is 11.3 Å². The Labute approximate surface area is 125 Å². The highest BCUT2D eigenvalue weighted by Crippen LogP contribution is 2.08. The molecule has 0 saturated carbocycles. The number of nitrogens with one attached hydrogen (secondary N) is 3. The SMILES string of the molecule is O=C(NCCc1cccs1)N[C@H](Cc1cnc[nH]1)C(=O)O. The molecular formula is C13H16N4O3S. The maximum Gasteiger partial charge on any atom is 0.326 e. The summed E-state index contributed by atoms with van der Waals surface area (Å²) in [5, 5.41) is 16.2. The molecule has 2 heterocycles. The minimum absolute atomic E-state index is 0.160. The molecular weight excluding hydrogens is 292 g/mol. The van der Waals surface area contributed by atoms with Gasteiger partial charge in [0.05, 0.1) is 6.33 Å². The minimum Gasteiger partial charge on any atom is -0.480 e. The van der Waals surface area contributed by atoms with Gasteiger partial charge in [0.15, 0.2) is 0 Å². The van der Waals surface area contributed by atoms with Crippen molar-refractivity contribution in [2.45, 2.75) is 18.9 Å². The lowest BCUT2D eigenvalue weighted by molar-refractivity contribution is -0.139. The number of hydrogen-bond donors (Lipinski definition) is 4. The Hall–Kier alpha value is -2.35. The number of H-pyrrole nitrogens is 1. The lowest BCUT2D eigenvalue weighted by atomic mass is 10.2. The fourth-order valence-electron chi connectivity index (χ4n) is 1.78. The summed E-state index contributed by atoms with van der Waals surface area (Å²) in [6, 6.07) is 2.46. The number of urea groups is 1. The van der Waals surface area contributed by atoms with Crippen LogP contribution < -0.4 is 10.6 Å². The Morgan fingerprint density at radius 1 is 1.48 bits per heavy atom. The molecule has 21 heavy (non-hydrogen) atoms. The number of thiophene rings is 1. The molecule has 0 unspecified atom stereocenters. The van der Waals surface area contributed by atoms with Gasteiger partial charge >= 0.3 is 12.0 Å². The third-order valence-electron chi connectivity index (χ3n) is 2.82. The highest BCUT2D eigenvalue weighted by Gasteiger charge is 2.20. The van der Waals surface area contributed by atoms with Crippen molar-refractivity contribution in [2.75, 3.05) is 6.54 Å². The van der Waals surface area contributed by atoms with Crippen molar-refractivity contribution in [2.24, 2.45) is 0 Å². The molecule has 8 heteroatoms. The van der Waals surface area contributed by atoms with Crippen molar-refractivity contribution in [1.29, 1.82) is 0 Å². The van der Waals surface area contributed by atoms with E-state index >= 15 is 0 Å². The number of carbonyl (C=O) groups excluding carboxylic acids is 1. The van der Waals surface area contributed by atoms with Crippen LogP contribution in [0.3, 0.4) is 0 Å². The van der Waals surface area contributed by atoms with Crippen LogP contribution in [0.1, 0.15) is 10.6 Å². The molecule has 0 fully saturated rings. The van der Waals surface area contributed by atoms with Crippen molar-refractivity contribution in [3.8, 4) is 0 Å². The standard InChI is InChI=1S/C13H16N4O3S/c18-12(19)11(6-9-7-14-8-16-9)17-13(20)15-4-3-10-2-1-5-21-10/h1-2,5,7-8,11H,3-4,6H2,(H,14,16)(H,18,19)(H2,15,17,20)/t11-/m1/s1. The number of carboxylic acids is 1. The number of aliphatic carboxylic acids is 1. The summed E-state index contributed by atoms with van der Waals surface area (Å²) in [6.07, 6.45) is 3.89. The van der Waals surface area contributed by atoms with E-state index in [1.165, 1.54) is 17.4 Å². The van der Waals surface area contributed by atoms with Gasteiger partial charge < -0.3 is 20.7 Å². The van der Waals surface area contributed by atoms with E-state index < -0.39 is 18.0 Å². The Bertz CT molecular complexity index is 568. The molecule has 0 spiro atoms. The summed E-state index contributed by atoms with van der Waals surface area (Å²) in [5.41, 5.74) is 0.654. The van der Waals surface area contributed by atoms with Crippen LogP contribution in [-0.4, -0.2) is 39.7 Å². The number of amides is 2. The number of aromatic amines is 1. The first kappa shape index (κ1) is 15.0. The molecule has 4 N–H and O–H groups in total. The van der Waals surface area contributed by atoms with E-state index in [9.17, 15) is 9.59 Å². The van der Waals surface area contributed by atoms with Crippen LogP contribution in [-0.2, 0) is 17.6 Å². The van der Waals surface area contributed by atoms with Crippen LogP contribution in [0.5, 0.6) is 0 Å². The van der Waals surface area contributed by atoms with Crippen LogP contribution in [0.2, 0.25) is 0 Å². The van der Waals surface area contributed by atoms with E-state index in [-0.39, 0.29) is 6.42 Å². The van der Waals surface area contributed by atoms with Gasteiger partial charge in [0.2, 0.25) is 0 Å². The highest BCUT2D eigenvalue weighted by atomic mass is 32.1. The fourth-order valence-corrected chi connectivity index (χ4v) is 2.49. The summed E-state index contributed by atoms with van der Waals surface area (Å²) in [4.78, 5) is 30.7. The molecule has 2 amide bonds. The summed E-state index contributed by atoms with van der Waals surface area (Å²) in [5.74, 6) is -1.09. The monoisotopic (exact) mass is 308 g/mol. The molecule has 7 nitrogen and oxygen atoms in total. The Balaban J connectivity index is 1.76. The molecule has 2 rings (SSSR count). The number of imidazole rings is 1. The van der Waals surface area contributed by atoms with Crippen molar-refractivity contribution < 1.29 is 14.7 Å². The summed E-state index contributed by atoms with van der Waals surface area (Å²) in [7, 11) is 0. The molecule has 0 aliphatic carbocycles. The first-order valence-corrected chi connectivity index (χ1v) is 7.30. The Kier molecular flexibility index (Phi) is 5.33. The van der Waals surface area contributed by atoms with E-state index in [0.29, 0.717) is 12.2 Å². The molecule has 112 valence electrons. The molecule has 0 bridgehead atoms. The van der Waals surface area contributed by atoms with Crippen LogP contribution in [0.25, 0.3) is 0 Å². The minimum atomic E-state index is -1.09. The number of rotatable bonds is 7. The second-order valence-corrected chi connectivity index (χ2v) is 5.43. The molecule has 0 saturated heterocycles. The second kappa shape index (κ2) is 7.44. The molecule has 2 aromatic rings. The topological polar surface area (TPSA) is 107 Å².